The summed E-state index contributed by atoms with van der Waals surface area (Å²) in [7, 11) is 0. The van der Waals surface area contributed by atoms with Gasteiger partial charge in [-0.15, -0.1) is 0 Å². The molecule has 0 spiro atoms. The molecule has 3 rings (SSSR count). The van der Waals surface area contributed by atoms with Crippen LogP contribution in [-0.4, -0.2) is 14.7 Å². The summed E-state index contributed by atoms with van der Waals surface area (Å²) in [4.78, 5) is 4.29. The SMILES string of the molecule is CC(O)c1nc2cc(N)ccc2n1-c1ccc(F)cc1F. The number of halogens is 2. The first-order valence-electron chi connectivity index (χ1n) is 6.38. The Morgan fingerprint density at radius 2 is 1.95 bits per heavy atom. The molecule has 1 aromatic heterocycles. The minimum atomic E-state index is -0.914. The summed E-state index contributed by atoms with van der Waals surface area (Å²) in [6.07, 6.45) is -0.914. The Bertz CT molecular complexity index is 827. The molecule has 0 saturated heterocycles. The lowest BCUT2D eigenvalue weighted by atomic mass is 10.2. The van der Waals surface area contributed by atoms with Gasteiger partial charge < -0.3 is 10.8 Å². The first kappa shape index (κ1) is 13.5. The fourth-order valence-electron chi connectivity index (χ4n) is 2.31. The molecule has 108 valence electrons. The van der Waals surface area contributed by atoms with E-state index in [1.165, 1.54) is 17.6 Å². The maximum atomic E-state index is 14.1. The van der Waals surface area contributed by atoms with Crippen LogP contribution in [0.5, 0.6) is 0 Å². The number of nitrogens with zero attached hydrogens (tertiary/aromatic N) is 2. The van der Waals surface area contributed by atoms with Crippen molar-refractivity contribution in [3.05, 3.63) is 53.9 Å². The van der Waals surface area contributed by atoms with E-state index in [1.807, 2.05) is 0 Å². The van der Waals surface area contributed by atoms with E-state index >= 15 is 0 Å². The average Bonchev–Trinajstić information content (AvgIpc) is 2.77. The number of nitrogen functional groups attached to an aromatic ring is 1. The van der Waals surface area contributed by atoms with Gasteiger partial charge in [0.25, 0.3) is 0 Å². The van der Waals surface area contributed by atoms with Crippen LogP contribution >= 0.6 is 0 Å². The Balaban J connectivity index is 2.36. The molecule has 0 saturated carbocycles. The smallest absolute Gasteiger partial charge is 0.150 e. The molecular formula is C15H13F2N3O. The first-order chi connectivity index (χ1) is 9.97. The van der Waals surface area contributed by atoms with Gasteiger partial charge in [0.15, 0.2) is 0 Å². The standard InChI is InChI=1S/C15H13F2N3O/c1-8(21)15-19-12-7-10(18)3-5-14(12)20(15)13-4-2-9(16)6-11(13)17/h2-8,21H,18H2,1H3. The Hall–Kier alpha value is -2.47. The van der Waals surface area contributed by atoms with E-state index in [2.05, 4.69) is 4.98 Å². The van der Waals surface area contributed by atoms with Crippen molar-refractivity contribution in [1.29, 1.82) is 0 Å². The summed E-state index contributed by atoms with van der Waals surface area (Å²) >= 11 is 0. The predicted octanol–water partition coefficient (Wildman–Crippen LogP) is 2.94. The van der Waals surface area contributed by atoms with Crippen molar-refractivity contribution in [2.45, 2.75) is 13.0 Å². The zero-order chi connectivity index (χ0) is 15.1. The van der Waals surface area contributed by atoms with Crippen LogP contribution < -0.4 is 5.73 Å². The molecule has 4 nitrogen and oxygen atoms in total. The second-order valence-corrected chi connectivity index (χ2v) is 4.83. The molecule has 0 amide bonds. The second-order valence-electron chi connectivity index (χ2n) is 4.83. The zero-order valence-corrected chi connectivity index (χ0v) is 11.2. The fourth-order valence-corrected chi connectivity index (χ4v) is 2.31. The Morgan fingerprint density at radius 1 is 1.19 bits per heavy atom. The Labute approximate surface area is 119 Å². The molecule has 0 aliphatic rings. The van der Waals surface area contributed by atoms with Crippen LogP contribution in [0, 0.1) is 11.6 Å². The normalized spacial score (nSPS) is 12.8. The fraction of sp³-hybridized carbons (Fsp3) is 0.133. The largest absolute Gasteiger partial charge is 0.399 e. The monoisotopic (exact) mass is 289 g/mol. The molecule has 2 aromatic carbocycles. The molecule has 0 fully saturated rings. The number of aliphatic hydroxyl groups is 1. The lowest BCUT2D eigenvalue weighted by Gasteiger charge is -2.12. The number of hydrogen-bond donors (Lipinski definition) is 2. The highest BCUT2D eigenvalue weighted by molar-refractivity contribution is 5.81. The molecule has 21 heavy (non-hydrogen) atoms. The van der Waals surface area contributed by atoms with Crippen LogP contribution in [0.2, 0.25) is 0 Å². The summed E-state index contributed by atoms with van der Waals surface area (Å²) in [5.41, 5.74) is 7.48. The number of aromatic nitrogens is 2. The molecule has 3 N–H and O–H groups in total. The lowest BCUT2D eigenvalue weighted by Crippen LogP contribution is -2.06. The third-order valence-electron chi connectivity index (χ3n) is 3.23. The van der Waals surface area contributed by atoms with Gasteiger partial charge in [-0.3, -0.25) is 4.57 Å². The lowest BCUT2D eigenvalue weighted by molar-refractivity contribution is 0.187. The van der Waals surface area contributed by atoms with E-state index in [0.717, 1.165) is 12.1 Å². The van der Waals surface area contributed by atoms with Gasteiger partial charge in [-0.25, -0.2) is 13.8 Å². The molecule has 0 aliphatic carbocycles. The van der Waals surface area contributed by atoms with Crippen molar-refractivity contribution in [2.24, 2.45) is 0 Å². The van der Waals surface area contributed by atoms with Crippen molar-refractivity contribution in [3.8, 4) is 5.69 Å². The minimum Gasteiger partial charge on any atom is -0.399 e. The van der Waals surface area contributed by atoms with Gasteiger partial charge in [0, 0.05) is 11.8 Å². The molecule has 0 bridgehead atoms. The topological polar surface area (TPSA) is 64.1 Å². The van der Waals surface area contributed by atoms with Crippen molar-refractivity contribution in [1.82, 2.24) is 9.55 Å². The summed E-state index contributed by atoms with van der Waals surface area (Å²) in [6, 6.07) is 8.25. The number of imidazole rings is 1. The number of rotatable bonds is 2. The maximum absolute atomic E-state index is 14.1. The molecule has 0 radical (unpaired) electrons. The van der Waals surface area contributed by atoms with E-state index in [9.17, 15) is 13.9 Å². The van der Waals surface area contributed by atoms with E-state index in [1.54, 1.807) is 18.2 Å². The Kier molecular flexibility index (Phi) is 3.10. The molecular weight excluding hydrogens is 276 g/mol. The maximum Gasteiger partial charge on any atom is 0.150 e. The quantitative estimate of drug-likeness (QED) is 0.713. The van der Waals surface area contributed by atoms with Gasteiger partial charge in [0.2, 0.25) is 0 Å². The average molecular weight is 289 g/mol. The number of anilines is 1. The van der Waals surface area contributed by atoms with Gasteiger partial charge in [0.1, 0.15) is 23.6 Å². The van der Waals surface area contributed by atoms with E-state index in [4.69, 9.17) is 5.73 Å². The van der Waals surface area contributed by atoms with Gasteiger partial charge in [-0.2, -0.15) is 0 Å². The van der Waals surface area contributed by atoms with Crippen LogP contribution in [0.3, 0.4) is 0 Å². The van der Waals surface area contributed by atoms with E-state index in [-0.39, 0.29) is 11.5 Å². The minimum absolute atomic E-state index is 0.125. The van der Waals surface area contributed by atoms with Gasteiger partial charge >= 0.3 is 0 Å². The van der Waals surface area contributed by atoms with Crippen LogP contribution in [-0.2, 0) is 0 Å². The zero-order valence-electron chi connectivity index (χ0n) is 11.2. The van der Waals surface area contributed by atoms with E-state index < -0.39 is 17.7 Å². The summed E-state index contributed by atoms with van der Waals surface area (Å²) < 4.78 is 28.6. The van der Waals surface area contributed by atoms with E-state index in [0.29, 0.717) is 16.7 Å². The summed E-state index contributed by atoms with van der Waals surface area (Å²) in [5, 5.41) is 9.87. The van der Waals surface area contributed by atoms with Crippen molar-refractivity contribution in [3.63, 3.8) is 0 Å². The van der Waals surface area contributed by atoms with Gasteiger partial charge in [-0.1, -0.05) is 0 Å². The highest BCUT2D eigenvalue weighted by atomic mass is 19.1. The first-order valence-corrected chi connectivity index (χ1v) is 6.38. The second kappa shape index (κ2) is 4.82. The number of fused-ring (bicyclic) bond motifs is 1. The highest BCUT2D eigenvalue weighted by Gasteiger charge is 2.18. The Morgan fingerprint density at radius 3 is 2.62 bits per heavy atom. The molecule has 1 atom stereocenters. The third kappa shape index (κ3) is 2.23. The van der Waals surface area contributed by atoms with Gasteiger partial charge in [0.05, 0.1) is 16.7 Å². The number of aliphatic hydroxyl groups excluding tert-OH is 1. The molecule has 0 aliphatic heterocycles. The highest BCUT2D eigenvalue weighted by Crippen LogP contribution is 2.28. The summed E-state index contributed by atoms with van der Waals surface area (Å²) in [5.74, 6) is -1.13. The number of benzene rings is 2. The molecule has 1 heterocycles. The van der Waals surface area contributed by atoms with Crippen LogP contribution in [0.25, 0.3) is 16.7 Å². The van der Waals surface area contributed by atoms with Gasteiger partial charge in [-0.05, 0) is 37.3 Å². The van der Waals surface area contributed by atoms with Crippen LogP contribution in [0.4, 0.5) is 14.5 Å². The summed E-state index contributed by atoms with van der Waals surface area (Å²) in [6.45, 7) is 1.53. The van der Waals surface area contributed by atoms with Crippen molar-refractivity contribution in [2.75, 3.05) is 5.73 Å². The van der Waals surface area contributed by atoms with Crippen LogP contribution in [0.15, 0.2) is 36.4 Å². The van der Waals surface area contributed by atoms with Crippen LogP contribution in [0.1, 0.15) is 18.9 Å². The van der Waals surface area contributed by atoms with Crippen molar-refractivity contribution >= 4 is 16.7 Å². The predicted molar refractivity (Wildman–Crippen MR) is 76.0 cm³/mol. The number of nitrogens with two attached hydrogens (primary N) is 1. The molecule has 6 heteroatoms. The van der Waals surface area contributed by atoms with Crippen molar-refractivity contribution < 1.29 is 13.9 Å². The third-order valence-corrected chi connectivity index (χ3v) is 3.23. The molecule has 3 aromatic rings. The number of hydrogen-bond acceptors (Lipinski definition) is 3. The molecule has 1 unspecified atom stereocenters.